The van der Waals surface area contributed by atoms with Gasteiger partial charge in [0.2, 0.25) is 4.93 Å². The minimum atomic E-state index is -2.29. The fourth-order valence-electron chi connectivity index (χ4n) is 1.17. The van der Waals surface area contributed by atoms with Gasteiger partial charge in [-0.2, -0.15) is 0 Å². The van der Waals surface area contributed by atoms with Crippen molar-refractivity contribution in [3.63, 3.8) is 0 Å². The number of carbonyl (C=O) groups is 2. The molecule has 3 N–H and O–H groups in total. The maximum Gasteiger partial charge on any atom is 0.347 e. The molecule has 0 fully saturated rings. The Morgan fingerprint density at radius 1 is 1.18 bits per heavy atom. The minimum Gasteiger partial charge on any atom is -0.481 e. The molecule has 0 spiro atoms. The standard InChI is InChI=1S/C11H12O5S/c12-9(13)6-11(16,10(14)15)17-7-8-4-2-1-3-5-8/h1-5,16H,6-7H2,(H,12,13)(H,14,15). The third-order valence-electron chi connectivity index (χ3n) is 2.05. The van der Waals surface area contributed by atoms with E-state index in [9.17, 15) is 14.7 Å². The van der Waals surface area contributed by atoms with E-state index >= 15 is 0 Å². The lowest BCUT2D eigenvalue weighted by atomic mass is 10.2. The molecule has 1 rings (SSSR count). The Morgan fingerprint density at radius 3 is 2.24 bits per heavy atom. The maximum absolute atomic E-state index is 10.8. The van der Waals surface area contributed by atoms with Crippen molar-refractivity contribution >= 4 is 23.7 Å². The SMILES string of the molecule is O=C(O)CC(O)(SCc1ccccc1)C(=O)O. The zero-order valence-corrected chi connectivity index (χ0v) is 9.68. The summed E-state index contributed by atoms with van der Waals surface area (Å²) in [5.41, 5.74) is 0.822. The van der Waals surface area contributed by atoms with Gasteiger partial charge in [0.1, 0.15) is 0 Å². The Labute approximate surface area is 102 Å². The normalized spacial score (nSPS) is 13.9. The molecule has 0 amide bonds. The minimum absolute atomic E-state index is 0.233. The first-order chi connectivity index (χ1) is 7.94. The van der Waals surface area contributed by atoms with Crippen LogP contribution in [0.15, 0.2) is 30.3 Å². The van der Waals surface area contributed by atoms with Crippen LogP contribution in [0.4, 0.5) is 0 Å². The molecular weight excluding hydrogens is 244 g/mol. The second-order valence-electron chi connectivity index (χ2n) is 3.43. The van der Waals surface area contributed by atoms with Crippen molar-refractivity contribution in [3.05, 3.63) is 35.9 Å². The van der Waals surface area contributed by atoms with Crippen molar-refractivity contribution in [1.82, 2.24) is 0 Å². The van der Waals surface area contributed by atoms with Gasteiger partial charge in [-0.15, -0.1) is 11.8 Å². The first-order valence-corrected chi connectivity index (χ1v) is 5.78. The van der Waals surface area contributed by atoms with Crippen molar-refractivity contribution in [3.8, 4) is 0 Å². The molecule has 6 heteroatoms. The van der Waals surface area contributed by atoms with Crippen LogP contribution in [0, 0.1) is 0 Å². The molecule has 5 nitrogen and oxygen atoms in total. The highest BCUT2D eigenvalue weighted by Gasteiger charge is 2.39. The highest BCUT2D eigenvalue weighted by atomic mass is 32.2. The average Bonchev–Trinajstić information content (AvgIpc) is 2.27. The van der Waals surface area contributed by atoms with Crippen molar-refractivity contribution in [1.29, 1.82) is 0 Å². The van der Waals surface area contributed by atoms with Crippen LogP contribution in [0.2, 0.25) is 0 Å². The van der Waals surface area contributed by atoms with E-state index in [2.05, 4.69) is 0 Å². The summed E-state index contributed by atoms with van der Waals surface area (Å²) in [6, 6.07) is 8.93. The molecule has 1 unspecified atom stereocenters. The molecule has 0 aliphatic rings. The predicted octanol–water partition coefficient (Wildman–Crippen LogP) is 1.17. The topological polar surface area (TPSA) is 94.8 Å². The van der Waals surface area contributed by atoms with Gasteiger partial charge in [-0.25, -0.2) is 4.79 Å². The van der Waals surface area contributed by atoms with E-state index < -0.39 is 23.3 Å². The molecule has 0 saturated carbocycles. The molecule has 0 aliphatic heterocycles. The Bertz CT molecular complexity index is 406. The van der Waals surface area contributed by atoms with Crippen LogP contribution < -0.4 is 0 Å². The summed E-state index contributed by atoms with van der Waals surface area (Å²) in [4.78, 5) is 19.0. The van der Waals surface area contributed by atoms with Gasteiger partial charge in [0.15, 0.2) is 0 Å². The van der Waals surface area contributed by atoms with Crippen LogP contribution in [0.25, 0.3) is 0 Å². The number of benzene rings is 1. The number of hydrogen-bond donors (Lipinski definition) is 3. The Hall–Kier alpha value is -1.53. The van der Waals surface area contributed by atoms with E-state index in [1.165, 1.54) is 0 Å². The summed E-state index contributed by atoms with van der Waals surface area (Å²) in [5.74, 6) is -2.66. The summed E-state index contributed by atoms with van der Waals surface area (Å²) in [6.45, 7) is 0. The molecule has 17 heavy (non-hydrogen) atoms. The largest absolute Gasteiger partial charge is 0.481 e. The number of aliphatic hydroxyl groups is 1. The third kappa shape index (κ3) is 4.08. The summed E-state index contributed by atoms with van der Waals surface area (Å²) in [7, 11) is 0. The molecule has 0 aliphatic carbocycles. The monoisotopic (exact) mass is 256 g/mol. The van der Waals surface area contributed by atoms with Crippen molar-refractivity contribution < 1.29 is 24.9 Å². The number of carboxylic acids is 2. The zero-order valence-electron chi connectivity index (χ0n) is 8.87. The van der Waals surface area contributed by atoms with Crippen LogP contribution >= 0.6 is 11.8 Å². The lowest BCUT2D eigenvalue weighted by molar-refractivity contribution is -0.155. The van der Waals surface area contributed by atoms with Crippen LogP contribution in [0.3, 0.4) is 0 Å². The lowest BCUT2D eigenvalue weighted by Crippen LogP contribution is -2.37. The fourth-order valence-corrected chi connectivity index (χ4v) is 2.12. The number of thioether (sulfide) groups is 1. The molecule has 0 bridgehead atoms. The Balaban J connectivity index is 2.68. The van der Waals surface area contributed by atoms with Crippen LogP contribution in [-0.4, -0.2) is 32.2 Å². The summed E-state index contributed by atoms with van der Waals surface area (Å²) >= 11 is 0.689. The summed E-state index contributed by atoms with van der Waals surface area (Å²) < 4.78 is 0. The van der Waals surface area contributed by atoms with Gasteiger partial charge < -0.3 is 15.3 Å². The highest BCUT2D eigenvalue weighted by Crippen LogP contribution is 2.29. The first kappa shape index (κ1) is 13.5. The smallest absolute Gasteiger partial charge is 0.347 e. The molecule has 92 valence electrons. The molecule has 0 saturated heterocycles. The van der Waals surface area contributed by atoms with Crippen LogP contribution in [-0.2, 0) is 15.3 Å². The molecule has 0 aromatic heterocycles. The quantitative estimate of drug-likeness (QED) is 0.661. The summed E-state index contributed by atoms with van der Waals surface area (Å²) in [5, 5.41) is 27.1. The number of hydrogen-bond acceptors (Lipinski definition) is 4. The van der Waals surface area contributed by atoms with Crippen LogP contribution in [0.5, 0.6) is 0 Å². The number of carboxylic acid groups (broad SMARTS) is 2. The lowest BCUT2D eigenvalue weighted by Gasteiger charge is -2.20. The highest BCUT2D eigenvalue weighted by molar-refractivity contribution is 8.00. The van der Waals surface area contributed by atoms with Gasteiger partial charge >= 0.3 is 11.9 Å². The van der Waals surface area contributed by atoms with Gasteiger partial charge in [-0.3, -0.25) is 4.79 Å². The number of rotatable bonds is 6. The van der Waals surface area contributed by atoms with E-state index in [1.54, 1.807) is 24.3 Å². The van der Waals surface area contributed by atoms with Gasteiger partial charge in [0.05, 0.1) is 6.42 Å². The number of aliphatic carboxylic acids is 2. The van der Waals surface area contributed by atoms with E-state index in [1.807, 2.05) is 6.07 Å². The summed E-state index contributed by atoms with van der Waals surface area (Å²) in [6.07, 6.45) is -0.833. The van der Waals surface area contributed by atoms with Crippen molar-refractivity contribution in [2.45, 2.75) is 17.1 Å². The molecule has 1 atom stereocenters. The van der Waals surface area contributed by atoms with Crippen molar-refractivity contribution in [2.75, 3.05) is 0 Å². The zero-order chi connectivity index (χ0) is 12.9. The van der Waals surface area contributed by atoms with E-state index in [-0.39, 0.29) is 5.75 Å². The average molecular weight is 256 g/mol. The molecule has 1 aromatic carbocycles. The van der Waals surface area contributed by atoms with E-state index in [0.29, 0.717) is 11.8 Å². The van der Waals surface area contributed by atoms with Gasteiger partial charge in [-0.1, -0.05) is 30.3 Å². The molecule has 0 radical (unpaired) electrons. The Morgan fingerprint density at radius 2 is 1.76 bits per heavy atom. The molecular formula is C11H12O5S. The van der Waals surface area contributed by atoms with Gasteiger partial charge in [0.25, 0.3) is 0 Å². The third-order valence-corrected chi connectivity index (χ3v) is 3.32. The molecule has 0 heterocycles. The fraction of sp³-hybridized carbons (Fsp3) is 0.273. The van der Waals surface area contributed by atoms with Gasteiger partial charge in [-0.05, 0) is 5.56 Å². The Kier molecular flexibility index (Phi) is 4.53. The van der Waals surface area contributed by atoms with E-state index in [4.69, 9.17) is 10.2 Å². The first-order valence-electron chi connectivity index (χ1n) is 4.79. The second-order valence-corrected chi connectivity index (χ2v) is 4.69. The maximum atomic E-state index is 10.8. The van der Waals surface area contributed by atoms with Crippen molar-refractivity contribution in [2.24, 2.45) is 0 Å². The van der Waals surface area contributed by atoms with E-state index in [0.717, 1.165) is 5.56 Å². The predicted molar refractivity (Wildman–Crippen MR) is 62.6 cm³/mol. The second kappa shape index (κ2) is 5.70. The molecule has 1 aromatic rings. The van der Waals surface area contributed by atoms with Crippen LogP contribution in [0.1, 0.15) is 12.0 Å². The van der Waals surface area contributed by atoms with Gasteiger partial charge in [0, 0.05) is 5.75 Å².